The first-order valence-electron chi connectivity index (χ1n) is 5.44. The van der Waals surface area contributed by atoms with E-state index in [4.69, 9.17) is 21.4 Å². The van der Waals surface area contributed by atoms with Gasteiger partial charge in [0.05, 0.1) is 4.92 Å². The van der Waals surface area contributed by atoms with Crippen molar-refractivity contribution in [2.75, 3.05) is 6.61 Å². The van der Waals surface area contributed by atoms with Crippen LogP contribution in [0.4, 0.5) is 5.69 Å². The summed E-state index contributed by atoms with van der Waals surface area (Å²) in [6.45, 7) is 1.62. The minimum Gasteiger partial charge on any atom is -0.483 e. The Morgan fingerprint density at radius 3 is 2.79 bits per heavy atom. The molecule has 0 aliphatic carbocycles. The van der Waals surface area contributed by atoms with E-state index in [1.165, 1.54) is 24.3 Å². The summed E-state index contributed by atoms with van der Waals surface area (Å²) in [5.74, 6) is -1.03. The van der Waals surface area contributed by atoms with E-state index in [1.807, 2.05) is 0 Å². The summed E-state index contributed by atoms with van der Waals surface area (Å²) in [5.41, 5.74) is -0.0316. The van der Waals surface area contributed by atoms with Gasteiger partial charge in [0.15, 0.2) is 5.75 Å². The van der Waals surface area contributed by atoms with Crippen LogP contribution < -0.4 is 4.74 Å². The van der Waals surface area contributed by atoms with Crippen molar-refractivity contribution in [3.8, 4) is 5.75 Å². The number of ether oxygens (including phenoxy) is 1. The smallest absolute Gasteiger partial charge is 0.331 e. The topological polar surface area (TPSA) is 89.7 Å². The number of carboxylic acid groups (broad SMARTS) is 1. The number of nitro groups is 1. The van der Waals surface area contributed by atoms with Gasteiger partial charge in [-0.1, -0.05) is 18.5 Å². The first-order chi connectivity index (χ1) is 8.95. The molecule has 0 unspecified atom stereocenters. The lowest BCUT2D eigenvalue weighted by molar-refractivity contribution is -0.385. The Labute approximate surface area is 114 Å². The second-order valence-corrected chi connectivity index (χ2v) is 4.00. The monoisotopic (exact) mass is 285 g/mol. The molecule has 1 aromatic rings. The first kappa shape index (κ1) is 15.0. The number of nitro benzene ring substituents is 1. The van der Waals surface area contributed by atoms with Crippen LogP contribution in [0.1, 0.15) is 13.3 Å². The minimum atomic E-state index is -1.04. The molecule has 0 spiro atoms. The lowest BCUT2D eigenvalue weighted by Crippen LogP contribution is -2.04. The third-order valence-electron chi connectivity index (χ3n) is 2.34. The normalized spacial score (nSPS) is 11.2. The molecular weight excluding hydrogens is 274 g/mol. The van der Waals surface area contributed by atoms with Crippen molar-refractivity contribution < 1.29 is 19.6 Å². The molecular formula is C12H12ClNO5. The van der Waals surface area contributed by atoms with Gasteiger partial charge < -0.3 is 9.84 Å². The Morgan fingerprint density at radius 1 is 1.58 bits per heavy atom. The van der Waals surface area contributed by atoms with Gasteiger partial charge >= 0.3 is 11.7 Å². The van der Waals surface area contributed by atoms with Gasteiger partial charge in [-0.15, -0.1) is 0 Å². The van der Waals surface area contributed by atoms with Crippen LogP contribution >= 0.6 is 11.6 Å². The number of carbonyl (C=O) groups is 1. The summed E-state index contributed by atoms with van der Waals surface area (Å²) in [7, 11) is 0. The number of nitrogens with zero attached hydrogens (tertiary/aromatic N) is 1. The average molecular weight is 286 g/mol. The highest BCUT2D eigenvalue weighted by molar-refractivity contribution is 6.30. The largest absolute Gasteiger partial charge is 0.483 e. The summed E-state index contributed by atoms with van der Waals surface area (Å²) in [6, 6.07) is 3.94. The van der Waals surface area contributed by atoms with Crippen molar-refractivity contribution in [2.45, 2.75) is 13.3 Å². The van der Waals surface area contributed by atoms with Crippen LogP contribution in [0.3, 0.4) is 0 Å². The van der Waals surface area contributed by atoms with Crippen LogP contribution in [-0.4, -0.2) is 22.6 Å². The number of halogens is 1. The van der Waals surface area contributed by atoms with Gasteiger partial charge in [-0.2, -0.15) is 0 Å². The molecule has 19 heavy (non-hydrogen) atoms. The molecule has 0 amide bonds. The number of aliphatic carboxylic acids is 1. The summed E-state index contributed by atoms with van der Waals surface area (Å²) in [4.78, 5) is 20.9. The van der Waals surface area contributed by atoms with Gasteiger partial charge in [0.2, 0.25) is 0 Å². The third kappa shape index (κ3) is 4.26. The van der Waals surface area contributed by atoms with E-state index in [0.717, 1.165) is 0 Å². The van der Waals surface area contributed by atoms with Crippen molar-refractivity contribution in [1.29, 1.82) is 0 Å². The molecule has 0 saturated carbocycles. The average Bonchev–Trinajstić information content (AvgIpc) is 2.33. The van der Waals surface area contributed by atoms with Crippen LogP contribution in [0.5, 0.6) is 5.75 Å². The van der Waals surface area contributed by atoms with E-state index in [-0.39, 0.29) is 23.6 Å². The van der Waals surface area contributed by atoms with Gasteiger partial charge in [0, 0.05) is 22.7 Å². The van der Waals surface area contributed by atoms with Crippen LogP contribution in [-0.2, 0) is 4.79 Å². The maximum Gasteiger partial charge on any atom is 0.331 e. The molecule has 0 bridgehead atoms. The molecule has 0 fully saturated rings. The Bertz CT molecular complexity index is 527. The molecule has 102 valence electrons. The molecule has 0 aliphatic rings. The lowest BCUT2D eigenvalue weighted by Gasteiger charge is -2.05. The standard InChI is InChI=1S/C12H12ClNO5/c1-2-8(12(15)16)5-6-19-11-7-9(13)3-4-10(11)14(17)18/h3-5,7H,2,6H2,1H3,(H,15,16). The Balaban J connectivity index is 2.85. The van der Waals surface area contributed by atoms with E-state index in [9.17, 15) is 14.9 Å². The molecule has 6 nitrogen and oxygen atoms in total. The number of rotatable bonds is 6. The third-order valence-corrected chi connectivity index (χ3v) is 2.58. The molecule has 0 aromatic heterocycles. The van der Waals surface area contributed by atoms with Crippen molar-refractivity contribution in [3.05, 3.63) is 45.0 Å². The first-order valence-corrected chi connectivity index (χ1v) is 5.82. The Morgan fingerprint density at radius 2 is 2.26 bits per heavy atom. The summed E-state index contributed by atoms with van der Waals surface area (Å²) in [5, 5.41) is 19.9. The number of carboxylic acids is 1. The highest BCUT2D eigenvalue weighted by Crippen LogP contribution is 2.29. The van der Waals surface area contributed by atoms with Crippen LogP contribution in [0, 0.1) is 10.1 Å². The van der Waals surface area contributed by atoms with Gasteiger partial charge in [0.25, 0.3) is 0 Å². The summed E-state index contributed by atoms with van der Waals surface area (Å²) >= 11 is 5.73. The second kappa shape index (κ2) is 6.75. The van der Waals surface area contributed by atoms with E-state index >= 15 is 0 Å². The second-order valence-electron chi connectivity index (χ2n) is 3.57. The zero-order valence-electron chi connectivity index (χ0n) is 10.1. The molecule has 1 aromatic carbocycles. The van der Waals surface area contributed by atoms with E-state index in [1.54, 1.807) is 6.92 Å². The van der Waals surface area contributed by atoms with Gasteiger partial charge in [-0.3, -0.25) is 10.1 Å². The summed E-state index contributed by atoms with van der Waals surface area (Å²) < 4.78 is 5.20. The fourth-order valence-corrected chi connectivity index (χ4v) is 1.53. The van der Waals surface area contributed by atoms with Crippen LogP contribution in [0.25, 0.3) is 0 Å². The van der Waals surface area contributed by atoms with Gasteiger partial charge in [0.1, 0.15) is 6.61 Å². The molecule has 0 heterocycles. The highest BCUT2D eigenvalue weighted by atomic mass is 35.5. The van der Waals surface area contributed by atoms with E-state index in [2.05, 4.69) is 0 Å². The van der Waals surface area contributed by atoms with Crippen molar-refractivity contribution in [1.82, 2.24) is 0 Å². The quantitative estimate of drug-likeness (QED) is 0.493. The highest BCUT2D eigenvalue weighted by Gasteiger charge is 2.15. The molecule has 1 rings (SSSR count). The van der Waals surface area contributed by atoms with E-state index in [0.29, 0.717) is 11.4 Å². The molecule has 7 heteroatoms. The van der Waals surface area contributed by atoms with Crippen molar-refractivity contribution >= 4 is 23.3 Å². The predicted molar refractivity (Wildman–Crippen MR) is 69.6 cm³/mol. The van der Waals surface area contributed by atoms with E-state index < -0.39 is 10.9 Å². The SMILES string of the molecule is CCC(=CCOc1cc(Cl)ccc1[N+](=O)[O-])C(=O)O. The molecule has 0 saturated heterocycles. The maximum absolute atomic E-state index is 10.8. The summed E-state index contributed by atoms with van der Waals surface area (Å²) in [6.07, 6.45) is 1.71. The number of hydrogen-bond acceptors (Lipinski definition) is 4. The lowest BCUT2D eigenvalue weighted by atomic mass is 10.2. The van der Waals surface area contributed by atoms with Crippen LogP contribution in [0.2, 0.25) is 5.02 Å². The van der Waals surface area contributed by atoms with Crippen molar-refractivity contribution in [3.63, 3.8) is 0 Å². The zero-order chi connectivity index (χ0) is 14.4. The molecule has 0 radical (unpaired) electrons. The predicted octanol–water partition coefficient (Wildman–Crippen LogP) is 3.05. The fraction of sp³-hybridized carbons (Fsp3) is 0.250. The zero-order valence-corrected chi connectivity index (χ0v) is 10.9. The van der Waals surface area contributed by atoms with Crippen molar-refractivity contribution in [2.24, 2.45) is 0 Å². The minimum absolute atomic E-state index is 0.00888. The van der Waals surface area contributed by atoms with Gasteiger partial charge in [-0.25, -0.2) is 4.79 Å². The maximum atomic E-state index is 10.8. The number of benzene rings is 1. The number of hydrogen-bond donors (Lipinski definition) is 1. The van der Waals surface area contributed by atoms with Crippen LogP contribution in [0.15, 0.2) is 29.8 Å². The fourth-order valence-electron chi connectivity index (χ4n) is 1.37. The molecule has 0 aliphatic heterocycles. The molecule has 0 atom stereocenters. The Hall–Kier alpha value is -2.08. The van der Waals surface area contributed by atoms with Gasteiger partial charge in [-0.05, 0) is 18.6 Å². The molecule has 1 N–H and O–H groups in total. The Kier molecular flexibility index (Phi) is 5.32.